The van der Waals surface area contributed by atoms with E-state index < -0.39 is 0 Å². The summed E-state index contributed by atoms with van der Waals surface area (Å²) >= 11 is 12.9. The molecule has 7 rings (SSSR count). The molecular formula is C27H20Cl2N8O2. The number of rotatable bonds is 4. The van der Waals surface area contributed by atoms with E-state index in [1.54, 1.807) is 27.4 Å². The Balaban J connectivity index is 1.25. The minimum atomic E-state index is -0.275. The molecule has 2 aliphatic rings. The van der Waals surface area contributed by atoms with E-state index >= 15 is 0 Å². The summed E-state index contributed by atoms with van der Waals surface area (Å²) in [6, 6.07) is 14.5. The molecule has 2 aromatic carbocycles. The van der Waals surface area contributed by atoms with E-state index in [0.29, 0.717) is 47.4 Å². The number of hydrogen-bond acceptors (Lipinski definition) is 6. The Morgan fingerprint density at radius 1 is 0.949 bits per heavy atom. The van der Waals surface area contributed by atoms with Crippen LogP contribution in [0.2, 0.25) is 10.2 Å². The van der Waals surface area contributed by atoms with Gasteiger partial charge in [-0.25, -0.2) is 4.98 Å². The number of tetrazole rings is 1. The number of aryl methyl sites for hydroxylation is 2. The number of imidazole rings is 1. The monoisotopic (exact) mass is 558 g/mol. The molecule has 0 bridgehead atoms. The first kappa shape index (κ1) is 23.8. The van der Waals surface area contributed by atoms with E-state index in [2.05, 4.69) is 30.8 Å². The molecule has 1 unspecified atom stereocenters. The maximum Gasteiger partial charge on any atom is 0.252 e. The van der Waals surface area contributed by atoms with Gasteiger partial charge in [0, 0.05) is 40.0 Å². The number of carbonyl (C=O) groups excluding carboxylic acids is 1. The molecular weight excluding hydrogens is 539 g/mol. The van der Waals surface area contributed by atoms with Crippen LogP contribution >= 0.6 is 23.2 Å². The molecule has 0 fully saturated rings. The lowest BCUT2D eigenvalue weighted by molar-refractivity contribution is -0.116. The van der Waals surface area contributed by atoms with Gasteiger partial charge < -0.3 is 14.9 Å². The van der Waals surface area contributed by atoms with Crippen molar-refractivity contribution in [1.29, 1.82) is 0 Å². The highest BCUT2D eigenvalue weighted by Gasteiger charge is 2.29. The van der Waals surface area contributed by atoms with Crippen molar-refractivity contribution in [3.63, 3.8) is 0 Å². The molecule has 5 aromatic rings. The van der Waals surface area contributed by atoms with Gasteiger partial charge in [-0.3, -0.25) is 9.59 Å². The topological polar surface area (TPSA) is 123 Å². The Morgan fingerprint density at radius 3 is 2.69 bits per heavy atom. The quantitative estimate of drug-likeness (QED) is 0.332. The number of anilines is 1. The number of nitrogens with zero attached hydrogens (tertiary/aromatic N) is 6. The molecule has 0 saturated heterocycles. The number of halogens is 2. The number of aromatic nitrogens is 7. The zero-order valence-corrected chi connectivity index (χ0v) is 21.9. The molecule has 5 heterocycles. The molecule has 10 nitrogen and oxygen atoms in total. The van der Waals surface area contributed by atoms with Crippen molar-refractivity contribution in [2.75, 3.05) is 5.32 Å². The summed E-state index contributed by atoms with van der Waals surface area (Å²) in [5.74, 6) is 0.652. The van der Waals surface area contributed by atoms with Crippen LogP contribution in [0.25, 0.3) is 28.1 Å². The van der Waals surface area contributed by atoms with Crippen LogP contribution in [-0.4, -0.2) is 40.6 Å². The summed E-state index contributed by atoms with van der Waals surface area (Å²) in [7, 11) is 0. The van der Waals surface area contributed by atoms with E-state index in [-0.39, 0.29) is 17.5 Å². The summed E-state index contributed by atoms with van der Waals surface area (Å²) in [6.07, 6.45) is 4.02. The van der Waals surface area contributed by atoms with Crippen LogP contribution in [0.1, 0.15) is 36.0 Å². The van der Waals surface area contributed by atoms with Crippen LogP contribution in [-0.2, 0) is 17.6 Å². The van der Waals surface area contributed by atoms with Crippen LogP contribution in [0.3, 0.4) is 0 Å². The van der Waals surface area contributed by atoms with Gasteiger partial charge in [-0.05, 0) is 77.2 Å². The number of pyridine rings is 1. The molecule has 2 aliphatic heterocycles. The number of amides is 1. The Kier molecular flexibility index (Phi) is 5.60. The van der Waals surface area contributed by atoms with Crippen molar-refractivity contribution >= 4 is 34.8 Å². The van der Waals surface area contributed by atoms with E-state index in [1.807, 2.05) is 30.3 Å². The lowest BCUT2D eigenvalue weighted by atomic mass is 9.99. The predicted molar refractivity (Wildman–Crippen MR) is 146 cm³/mol. The molecule has 12 heteroatoms. The SMILES string of the molecule is O=C1CCc2cc(-c3[nH]c(C4CCc5cc(-c6cc(Cl)ccc6-n6cnnn6)cc(=O)n54)nc3Cl)ccc2N1. The van der Waals surface area contributed by atoms with Crippen LogP contribution in [0.4, 0.5) is 5.69 Å². The van der Waals surface area contributed by atoms with Crippen molar-refractivity contribution in [3.8, 4) is 28.1 Å². The van der Waals surface area contributed by atoms with Crippen molar-refractivity contribution in [3.05, 3.63) is 92.5 Å². The fourth-order valence-electron chi connectivity index (χ4n) is 5.48. The van der Waals surface area contributed by atoms with Gasteiger partial charge in [-0.1, -0.05) is 29.3 Å². The molecule has 3 aromatic heterocycles. The number of H-pyrrole nitrogens is 1. The second-order valence-corrected chi connectivity index (χ2v) is 10.4. The summed E-state index contributed by atoms with van der Waals surface area (Å²) in [6.45, 7) is 0. The maximum atomic E-state index is 13.5. The van der Waals surface area contributed by atoms with Crippen molar-refractivity contribution in [2.45, 2.75) is 31.7 Å². The van der Waals surface area contributed by atoms with E-state index in [1.165, 1.54) is 6.33 Å². The Morgan fingerprint density at radius 2 is 1.85 bits per heavy atom. The van der Waals surface area contributed by atoms with Gasteiger partial charge in [0.25, 0.3) is 5.56 Å². The third-order valence-corrected chi connectivity index (χ3v) is 7.79. The molecule has 1 amide bonds. The van der Waals surface area contributed by atoms with Crippen molar-refractivity contribution < 1.29 is 4.79 Å². The molecule has 0 spiro atoms. The molecule has 2 N–H and O–H groups in total. The van der Waals surface area contributed by atoms with Crippen molar-refractivity contribution in [1.82, 2.24) is 34.7 Å². The number of aromatic amines is 1. The predicted octanol–water partition coefficient (Wildman–Crippen LogP) is 4.61. The maximum absolute atomic E-state index is 13.5. The molecule has 0 aliphatic carbocycles. The highest BCUT2D eigenvalue weighted by molar-refractivity contribution is 6.32. The molecule has 0 radical (unpaired) electrons. The normalized spacial score (nSPS) is 16.2. The highest BCUT2D eigenvalue weighted by atomic mass is 35.5. The second kappa shape index (κ2) is 9.18. The van der Waals surface area contributed by atoms with E-state index in [4.69, 9.17) is 23.2 Å². The third-order valence-electron chi connectivity index (χ3n) is 7.28. The Hall–Kier alpha value is -4.28. The zero-order valence-electron chi connectivity index (χ0n) is 20.4. The second-order valence-electron chi connectivity index (χ2n) is 9.62. The van der Waals surface area contributed by atoms with Crippen LogP contribution < -0.4 is 10.9 Å². The standard InChI is InChI=1S/C27H20Cl2N8O2/c28-17-3-6-21(36-13-30-34-35-36)19(12-17)16-10-18-4-7-22(37(18)24(39)11-16)27-32-25(26(29)33-27)15-1-5-20-14(9-15)2-8-23(38)31-20/h1,3,5-6,9-13,22H,2,4,7-8H2,(H,31,38)(H,32,33). The van der Waals surface area contributed by atoms with Gasteiger partial charge in [0.2, 0.25) is 5.91 Å². The zero-order chi connectivity index (χ0) is 26.7. The minimum absolute atomic E-state index is 0.0209. The summed E-state index contributed by atoms with van der Waals surface area (Å²) in [5, 5.41) is 15.2. The smallest absolute Gasteiger partial charge is 0.252 e. The highest BCUT2D eigenvalue weighted by Crippen LogP contribution is 2.37. The third kappa shape index (κ3) is 4.12. The lowest BCUT2D eigenvalue weighted by Gasteiger charge is -2.17. The number of fused-ring (bicyclic) bond motifs is 2. The molecule has 194 valence electrons. The first-order chi connectivity index (χ1) is 18.9. The largest absolute Gasteiger partial charge is 0.339 e. The van der Waals surface area contributed by atoms with E-state index in [0.717, 1.165) is 39.3 Å². The van der Waals surface area contributed by atoms with Gasteiger partial charge in [0.15, 0.2) is 5.15 Å². The first-order valence-corrected chi connectivity index (χ1v) is 13.2. The fraction of sp³-hybridized carbons (Fsp3) is 0.185. The molecule has 1 atom stereocenters. The van der Waals surface area contributed by atoms with Crippen molar-refractivity contribution in [2.24, 2.45) is 0 Å². The van der Waals surface area contributed by atoms with Crippen LogP contribution in [0.15, 0.2) is 59.7 Å². The average molecular weight is 559 g/mol. The van der Waals surface area contributed by atoms with Gasteiger partial charge in [-0.15, -0.1) is 5.10 Å². The van der Waals surface area contributed by atoms with Gasteiger partial charge in [-0.2, -0.15) is 4.68 Å². The van der Waals surface area contributed by atoms with Crippen LogP contribution in [0, 0.1) is 0 Å². The fourth-order valence-corrected chi connectivity index (χ4v) is 5.90. The molecule has 0 saturated carbocycles. The molecule has 39 heavy (non-hydrogen) atoms. The van der Waals surface area contributed by atoms with Crippen LogP contribution in [0.5, 0.6) is 0 Å². The van der Waals surface area contributed by atoms with Gasteiger partial charge in [0.05, 0.1) is 17.4 Å². The minimum Gasteiger partial charge on any atom is -0.339 e. The Labute approximate surface area is 231 Å². The lowest BCUT2D eigenvalue weighted by Crippen LogP contribution is -2.24. The number of carbonyl (C=O) groups is 1. The first-order valence-electron chi connectivity index (χ1n) is 12.4. The van der Waals surface area contributed by atoms with Gasteiger partial charge >= 0.3 is 0 Å². The Bertz CT molecular complexity index is 1830. The number of benzene rings is 2. The summed E-state index contributed by atoms with van der Waals surface area (Å²) < 4.78 is 3.31. The average Bonchev–Trinajstić information content (AvgIpc) is 3.68. The number of nitrogens with one attached hydrogen (secondary N) is 2. The number of hydrogen-bond donors (Lipinski definition) is 2. The van der Waals surface area contributed by atoms with Gasteiger partial charge in [0.1, 0.15) is 12.2 Å². The summed E-state index contributed by atoms with van der Waals surface area (Å²) in [5.41, 5.74) is 6.40. The van der Waals surface area contributed by atoms with E-state index in [9.17, 15) is 9.59 Å². The summed E-state index contributed by atoms with van der Waals surface area (Å²) in [4.78, 5) is 33.2.